The molecule has 0 unspecified atom stereocenters. The topological polar surface area (TPSA) is 75.8 Å². The maximum Gasteiger partial charge on any atom is 0.280 e. The number of aldehydes is 1. The van der Waals surface area contributed by atoms with Crippen molar-refractivity contribution in [3.05, 3.63) is 35.9 Å². The fourth-order valence-electron chi connectivity index (χ4n) is 1.04. The number of guanidine groups is 1. The summed E-state index contributed by atoms with van der Waals surface area (Å²) in [5.41, 5.74) is 6.00. The molecule has 1 aromatic carbocycles. The molecule has 0 spiro atoms. The Bertz CT molecular complexity index is 401. The van der Waals surface area contributed by atoms with E-state index in [9.17, 15) is 9.59 Å². The highest BCUT2D eigenvalue weighted by atomic mass is 16.1. The molecule has 5 heteroatoms. The highest BCUT2D eigenvalue weighted by Gasteiger charge is 2.06. The molecule has 0 saturated carbocycles. The number of carbonyl (C=O) groups excluding carboxylic acids is 2. The van der Waals surface area contributed by atoms with Crippen molar-refractivity contribution < 1.29 is 9.59 Å². The summed E-state index contributed by atoms with van der Waals surface area (Å²) >= 11 is 0. The maximum absolute atomic E-state index is 11.6. The fourth-order valence-corrected chi connectivity index (χ4v) is 1.04. The van der Waals surface area contributed by atoms with Crippen LogP contribution in [0, 0.1) is 0 Å². The Labute approximate surface area is 93.6 Å². The second kappa shape index (κ2) is 5.65. The van der Waals surface area contributed by atoms with Crippen molar-refractivity contribution in [2.75, 3.05) is 13.6 Å². The molecule has 2 N–H and O–H groups in total. The van der Waals surface area contributed by atoms with Gasteiger partial charge in [-0.15, -0.1) is 0 Å². The van der Waals surface area contributed by atoms with Gasteiger partial charge in [-0.05, 0) is 12.1 Å². The van der Waals surface area contributed by atoms with Gasteiger partial charge in [-0.1, -0.05) is 18.2 Å². The van der Waals surface area contributed by atoms with Gasteiger partial charge in [-0.25, -0.2) is 0 Å². The van der Waals surface area contributed by atoms with Crippen molar-refractivity contribution in [3.63, 3.8) is 0 Å². The molecule has 0 radical (unpaired) electrons. The van der Waals surface area contributed by atoms with Gasteiger partial charge in [0.2, 0.25) is 0 Å². The molecule has 84 valence electrons. The zero-order valence-electron chi connectivity index (χ0n) is 8.96. The Hall–Kier alpha value is -2.17. The molecule has 0 fully saturated rings. The molecule has 1 aromatic rings. The lowest BCUT2D eigenvalue weighted by molar-refractivity contribution is -0.108. The Morgan fingerprint density at radius 1 is 1.44 bits per heavy atom. The normalized spacial score (nSPS) is 10.9. The molecule has 1 amide bonds. The maximum atomic E-state index is 11.6. The summed E-state index contributed by atoms with van der Waals surface area (Å²) in [4.78, 5) is 26.9. The minimum Gasteiger partial charge on any atom is -0.369 e. The molecule has 1 rings (SSSR count). The standard InChI is InChI=1S/C11H13N3O2/c1-14(7-8-15)11(12)13-10(16)9-5-3-2-4-6-9/h2-6,8H,7H2,1H3,(H2,12,13,16). The van der Waals surface area contributed by atoms with E-state index in [1.54, 1.807) is 31.3 Å². The van der Waals surface area contributed by atoms with Crippen molar-refractivity contribution in [2.45, 2.75) is 0 Å². The molecule has 0 aliphatic heterocycles. The first-order valence-corrected chi connectivity index (χ1v) is 4.73. The number of nitrogens with two attached hydrogens (primary N) is 1. The van der Waals surface area contributed by atoms with Crippen molar-refractivity contribution >= 4 is 18.2 Å². The van der Waals surface area contributed by atoms with Crippen molar-refractivity contribution in [3.8, 4) is 0 Å². The van der Waals surface area contributed by atoms with Crippen LogP contribution in [0.5, 0.6) is 0 Å². The lowest BCUT2D eigenvalue weighted by Crippen LogP contribution is -2.35. The fraction of sp³-hybridized carbons (Fsp3) is 0.182. The summed E-state index contributed by atoms with van der Waals surface area (Å²) in [5, 5.41) is 0. The number of benzene rings is 1. The van der Waals surface area contributed by atoms with E-state index >= 15 is 0 Å². The second-order valence-electron chi connectivity index (χ2n) is 3.19. The van der Waals surface area contributed by atoms with Gasteiger partial charge in [0, 0.05) is 12.6 Å². The number of hydrogen-bond donors (Lipinski definition) is 1. The van der Waals surface area contributed by atoms with Crippen LogP contribution >= 0.6 is 0 Å². The van der Waals surface area contributed by atoms with Gasteiger partial charge in [0.25, 0.3) is 5.91 Å². The van der Waals surface area contributed by atoms with Crippen LogP contribution in [-0.4, -0.2) is 36.6 Å². The Balaban J connectivity index is 2.77. The summed E-state index contributed by atoms with van der Waals surface area (Å²) in [5.74, 6) is -0.392. The van der Waals surface area contributed by atoms with E-state index in [0.717, 1.165) is 0 Å². The van der Waals surface area contributed by atoms with E-state index in [1.165, 1.54) is 4.90 Å². The van der Waals surface area contributed by atoms with Crippen LogP contribution in [0.4, 0.5) is 0 Å². The largest absolute Gasteiger partial charge is 0.369 e. The van der Waals surface area contributed by atoms with Crippen LogP contribution in [0.15, 0.2) is 35.3 Å². The first-order chi connectivity index (χ1) is 7.65. The Kier molecular flexibility index (Phi) is 4.20. The van der Waals surface area contributed by atoms with E-state index < -0.39 is 5.91 Å². The summed E-state index contributed by atoms with van der Waals surface area (Å²) in [6, 6.07) is 8.60. The minimum absolute atomic E-state index is 0.0287. The average molecular weight is 219 g/mol. The SMILES string of the molecule is CN(CC=O)C(N)=NC(=O)c1ccccc1. The zero-order chi connectivity index (χ0) is 12.0. The van der Waals surface area contributed by atoms with Crippen LogP contribution < -0.4 is 5.73 Å². The predicted molar refractivity (Wildman–Crippen MR) is 61.1 cm³/mol. The molecular weight excluding hydrogens is 206 g/mol. The second-order valence-corrected chi connectivity index (χ2v) is 3.19. The summed E-state index contributed by atoms with van der Waals surface area (Å²) in [6.07, 6.45) is 0.690. The van der Waals surface area contributed by atoms with Crippen molar-refractivity contribution in [1.29, 1.82) is 0 Å². The number of likely N-dealkylation sites (N-methyl/N-ethyl adjacent to an activating group) is 1. The predicted octanol–water partition coefficient (Wildman–Crippen LogP) is 0.272. The first-order valence-electron chi connectivity index (χ1n) is 4.73. The van der Waals surface area contributed by atoms with Gasteiger partial charge in [-0.2, -0.15) is 4.99 Å². The number of carbonyl (C=O) groups is 2. The molecule has 5 nitrogen and oxygen atoms in total. The van der Waals surface area contributed by atoms with Crippen LogP contribution in [0.2, 0.25) is 0 Å². The highest BCUT2D eigenvalue weighted by molar-refractivity contribution is 6.02. The van der Waals surface area contributed by atoms with E-state index in [-0.39, 0.29) is 12.5 Å². The van der Waals surface area contributed by atoms with Gasteiger partial charge >= 0.3 is 0 Å². The molecule has 0 saturated heterocycles. The van der Waals surface area contributed by atoms with Gasteiger partial charge in [0.15, 0.2) is 5.96 Å². The third-order valence-electron chi connectivity index (χ3n) is 1.98. The number of amides is 1. The summed E-state index contributed by atoms with van der Waals surface area (Å²) < 4.78 is 0. The van der Waals surface area contributed by atoms with Crippen molar-refractivity contribution in [1.82, 2.24) is 4.90 Å². The first kappa shape index (κ1) is 11.9. The van der Waals surface area contributed by atoms with Crippen LogP contribution in [-0.2, 0) is 4.79 Å². The van der Waals surface area contributed by atoms with E-state index in [0.29, 0.717) is 11.8 Å². The summed E-state index contributed by atoms with van der Waals surface area (Å²) in [7, 11) is 1.59. The molecule has 0 heterocycles. The van der Waals surface area contributed by atoms with Crippen LogP contribution in [0.3, 0.4) is 0 Å². The van der Waals surface area contributed by atoms with Crippen molar-refractivity contribution in [2.24, 2.45) is 10.7 Å². The van der Waals surface area contributed by atoms with E-state index in [1.807, 2.05) is 6.07 Å². The molecular formula is C11H13N3O2. The van der Waals surface area contributed by atoms with Gasteiger partial charge in [0.1, 0.15) is 6.29 Å². The third-order valence-corrected chi connectivity index (χ3v) is 1.98. The Morgan fingerprint density at radius 3 is 2.62 bits per heavy atom. The third kappa shape index (κ3) is 3.20. The lowest BCUT2D eigenvalue weighted by Gasteiger charge is -2.13. The molecule has 0 atom stereocenters. The monoisotopic (exact) mass is 219 g/mol. The minimum atomic E-state index is -0.421. The molecule has 0 aromatic heterocycles. The summed E-state index contributed by atoms with van der Waals surface area (Å²) in [6.45, 7) is 0.109. The lowest BCUT2D eigenvalue weighted by atomic mass is 10.2. The Morgan fingerprint density at radius 2 is 2.06 bits per heavy atom. The average Bonchev–Trinajstić information content (AvgIpc) is 2.30. The highest BCUT2D eigenvalue weighted by Crippen LogP contribution is 2.00. The number of nitrogens with zero attached hydrogens (tertiary/aromatic N) is 2. The van der Waals surface area contributed by atoms with Gasteiger partial charge < -0.3 is 15.4 Å². The van der Waals surface area contributed by atoms with Crippen LogP contribution in [0.25, 0.3) is 0 Å². The number of hydrogen-bond acceptors (Lipinski definition) is 2. The van der Waals surface area contributed by atoms with E-state index in [2.05, 4.69) is 4.99 Å². The molecule has 0 aliphatic rings. The molecule has 0 bridgehead atoms. The quantitative estimate of drug-likeness (QED) is 0.450. The number of aliphatic imine (C=N–C) groups is 1. The zero-order valence-corrected chi connectivity index (χ0v) is 8.96. The number of rotatable bonds is 3. The molecule has 16 heavy (non-hydrogen) atoms. The van der Waals surface area contributed by atoms with Gasteiger partial charge in [0.05, 0.1) is 6.54 Å². The molecule has 0 aliphatic carbocycles. The van der Waals surface area contributed by atoms with Crippen LogP contribution in [0.1, 0.15) is 10.4 Å². The van der Waals surface area contributed by atoms with E-state index in [4.69, 9.17) is 5.73 Å². The van der Waals surface area contributed by atoms with Gasteiger partial charge in [-0.3, -0.25) is 4.79 Å². The smallest absolute Gasteiger partial charge is 0.280 e.